The summed E-state index contributed by atoms with van der Waals surface area (Å²) in [6, 6.07) is 8.78. The van der Waals surface area contributed by atoms with Crippen LogP contribution in [0.15, 0.2) is 41.9 Å². The molecule has 2 unspecified atom stereocenters. The van der Waals surface area contributed by atoms with E-state index >= 15 is 0 Å². The monoisotopic (exact) mass is 381 g/mol. The van der Waals surface area contributed by atoms with Gasteiger partial charge in [0.1, 0.15) is 5.82 Å². The van der Waals surface area contributed by atoms with Crippen molar-refractivity contribution >= 4 is 17.2 Å². The topological polar surface area (TPSA) is 49.0 Å². The summed E-state index contributed by atoms with van der Waals surface area (Å²) in [6.45, 7) is 0.692. The van der Waals surface area contributed by atoms with Crippen molar-refractivity contribution in [3.05, 3.63) is 63.9 Å². The van der Waals surface area contributed by atoms with Crippen LogP contribution in [0.2, 0.25) is 0 Å². The van der Waals surface area contributed by atoms with E-state index in [1.165, 1.54) is 12.1 Å². The van der Waals surface area contributed by atoms with E-state index in [1.54, 1.807) is 17.4 Å². The smallest absolute Gasteiger partial charge is 0.254 e. The molecular formula is C21H20FN3OS. The Morgan fingerprint density at radius 3 is 3.00 bits per heavy atom. The molecule has 3 aromatic rings. The first-order valence-corrected chi connectivity index (χ1v) is 10.3. The normalized spacial score (nSPS) is 22.3. The highest BCUT2D eigenvalue weighted by atomic mass is 32.1. The van der Waals surface area contributed by atoms with Gasteiger partial charge in [0.15, 0.2) is 0 Å². The zero-order valence-electron chi connectivity index (χ0n) is 14.8. The second kappa shape index (κ2) is 6.60. The third-order valence-corrected chi connectivity index (χ3v) is 6.76. The molecule has 1 saturated heterocycles. The maximum Gasteiger partial charge on any atom is 0.254 e. The lowest BCUT2D eigenvalue weighted by atomic mass is 9.91. The van der Waals surface area contributed by atoms with Crippen molar-refractivity contribution in [2.75, 3.05) is 6.54 Å². The number of hydrogen-bond donors (Lipinski definition) is 1. The van der Waals surface area contributed by atoms with E-state index in [9.17, 15) is 9.18 Å². The molecule has 2 atom stereocenters. The molecule has 0 bridgehead atoms. The number of aromatic nitrogens is 2. The van der Waals surface area contributed by atoms with Gasteiger partial charge in [0, 0.05) is 35.6 Å². The SMILES string of the molecule is O=C1c2ccc(F)cc2CCC2CCC(c3nc(-c4ccc[nH]4)cs3)CN12. The molecule has 27 heavy (non-hydrogen) atoms. The minimum atomic E-state index is -0.265. The number of aryl methyl sites for hydroxylation is 1. The molecule has 1 amide bonds. The molecule has 1 N–H and O–H groups in total. The fourth-order valence-corrected chi connectivity index (χ4v) is 5.27. The van der Waals surface area contributed by atoms with Crippen molar-refractivity contribution in [3.63, 3.8) is 0 Å². The Labute approximate surface area is 161 Å². The Balaban J connectivity index is 1.41. The number of H-pyrrole nitrogens is 1. The summed E-state index contributed by atoms with van der Waals surface area (Å²) in [6.07, 6.45) is 5.58. The number of nitrogens with one attached hydrogen (secondary N) is 1. The van der Waals surface area contributed by atoms with E-state index < -0.39 is 0 Å². The van der Waals surface area contributed by atoms with Crippen LogP contribution in [0.1, 0.15) is 46.1 Å². The third-order valence-electron chi connectivity index (χ3n) is 5.76. The van der Waals surface area contributed by atoms with Crippen LogP contribution in [0.4, 0.5) is 4.39 Å². The number of piperidine rings is 1. The first kappa shape index (κ1) is 16.7. The van der Waals surface area contributed by atoms with Crippen molar-refractivity contribution in [2.45, 2.75) is 37.6 Å². The van der Waals surface area contributed by atoms with Gasteiger partial charge in [0.2, 0.25) is 0 Å². The Kier molecular flexibility index (Phi) is 4.08. The molecule has 138 valence electrons. The molecule has 6 heteroatoms. The van der Waals surface area contributed by atoms with Gasteiger partial charge in [-0.1, -0.05) is 0 Å². The van der Waals surface area contributed by atoms with Gasteiger partial charge in [0.05, 0.1) is 16.4 Å². The fourth-order valence-electron chi connectivity index (χ4n) is 4.32. The van der Waals surface area contributed by atoms with Crippen LogP contribution < -0.4 is 0 Å². The average Bonchev–Trinajstić information content (AvgIpc) is 3.35. The van der Waals surface area contributed by atoms with Gasteiger partial charge in [-0.25, -0.2) is 9.37 Å². The van der Waals surface area contributed by atoms with Crippen molar-refractivity contribution in [3.8, 4) is 11.4 Å². The summed E-state index contributed by atoms with van der Waals surface area (Å²) in [5.41, 5.74) is 3.48. The van der Waals surface area contributed by atoms with E-state index in [2.05, 4.69) is 10.4 Å². The highest BCUT2D eigenvalue weighted by Crippen LogP contribution is 2.37. The summed E-state index contributed by atoms with van der Waals surface area (Å²) in [4.78, 5) is 23.2. The van der Waals surface area contributed by atoms with Crippen LogP contribution in [0.5, 0.6) is 0 Å². The number of nitrogens with zero attached hydrogens (tertiary/aromatic N) is 2. The molecule has 0 aliphatic carbocycles. The van der Waals surface area contributed by atoms with E-state index in [1.807, 2.05) is 23.2 Å². The first-order chi connectivity index (χ1) is 13.2. The summed E-state index contributed by atoms with van der Waals surface area (Å²) in [5, 5.41) is 3.17. The second-order valence-corrected chi connectivity index (χ2v) is 8.27. The van der Waals surface area contributed by atoms with Gasteiger partial charge in [-0.05, 0) is 61.6 Å². The minimum Gasteiger partial charge on any atom is -0.360 e. The third kappa shape index (κ3) is 2.98. The minimum absolute atomic E-state index is 0.0401. The van der Waals surface area contributed by atoms with Gasteiger partial charge >= 0.3 is 0 Å². The van der Waals surface area contributed by atoms with Crippen LogP contribution in [0.3, 0.4) is 0 Å². The summed E-state index contributed by atoms with van der Waals surface area (Å²) >= 11 is 1.67. The molecule has 0 radical (unpaired) electrons. The van der Waals surface area contributed by atoms with Gasteiger partial charge in [0.25, 0.3) is 5.91 Å². The van der Waals surface area contributed by atoms with Crippen molar-refractivity contribution in [1.82, 2.24) is 14.9 Å². The van der Waals surface area contributed by atoms with Crippen LogP contribution in [-0.2, 0) is 6.42 Å². The number of halogens is 1. The number of carbonyl (C=O) groups excluding carboxylic acids is 1. The van der Waals surface area contributed by atoms with Crippen LogP contribution in [0.25, 0.3) is 11.4 Å². The molecule has 4 heterocycles. The Morgan fingerprint density at radius 2 is 2.15 bits per heavy atom. The number of amides is 1. The maximum absolute atomic E-state index is 13.6. The van der Waals surface area contributed by atoms with Crippen LogP contribution in [0, 0.1) is 5.82 Å². The molecule has 1 aromatic carbocycles. The molecular weight excluding hydrogens is 361 g/mol. The van der Waals surface area contributed by atoms with Crippen molar-refractivity contribution in [1.29, 1.82) is 0 Å². The summed E-state index contributed by atoms with van der Waals surface area (Å²) in [5.74, 6) is 0.0400. The van der Waals surface area contributed by atoms with E-state index in [0.717, 1.165) is 47.6 Å². The number of thiazole rings is 1. The van der Waals surface area contributed by atoms with Gasteiger partial charge in [-0.2, -0.15) is 0 Å². The first-order valence-electron chi connectivity index (χ1n) is 9.37. The highest BCUT2D eigenvalue weighted by molar-refractivity contribution is 7.10. The van der Waals surface area contributed by atoms with Crippen LogP contribution >= 0.6 is 11.3 Å². The lowest BCUT2D eigenvalue weighted by molar-refractivity contribution is 0.0588. The van der Waals surface area contributed by atoms with Gasteiger partial charge < -0.3 is 9.88 Å². The quantitative estimate of drug-likeness (QED) is 0.705. The number of benzene rings is 1. The molecule has 4 nitrogen and oxygen atoms in total. The number of hydrogen-bond acceptors (Lipinski definition) is 3. The summed E-state index contributed by atoms with van der Waals surface area (Å²) in [7, 11) is 0. The van der Waals surface area contributed by atoms with Gasteiger partial charge in [-0.3, -0.25) is 4.79 Å². The number of fused-ring (bicyclic) bond motifs is 2. The predicted molar refractivity (Wildman–Crippen MR) is 103 cm³/mol. The average molecular weight is 381 g/mol. The number of aromatic amines is 1. The highest BCUT2D eigenvalue weighted by Gasteiger charge is 2.36. The molecule has 0 spiro atoms. The molecule has 0 saturated carbocycles. The largest absolute Gasteiger partial charge is 0.360 e. The van der Waals surface area contributed by atoms with E-state index in [0.29, 0.717) is 12.1 Å². The zero-order valence-corrected chi connectivity index (χ0v) is 15.6. The lowest BCUT2D eigenvalue weighted by Crippen LogP contribution is -2.45. The predicted octanol–water partition coefficient (Wildman–Crippen LogP) is 4.61. The number of rotatable bonds is 2. The zero-order chi connectivity index (χ0) is 18.4. The van der Waals surface area contributed by atoms with Crippen molar-refractivity contribution in [2.24, 2.45) is 0 Å². The van der Waals surface area contributed by atoms with Gasteiger partial charge in [-0.15, -0.1) is 11.3 Å². The Bertz CT molecular complexity index is 981. The standard InChI is InChI=1S/C21H20FN3OS/c22-15-5-8-17-13(10-15)3-6-16-7-4-14(11-25(16)21(17)26)20-24-19(12-27-20)18-2-1-9-23-18/h1-2,5,8-10,12,14,16,23H,3-4,6-7,11H2. The molecule has 2 aliphatic rings. The van der Waals surface area contributed by atoms with Crippen molar-refractivity contribution < 1.29 is 9.18 Å². The van der Waals surface area contributed by atoms with E-state index in [4.69, 9.17) is 4.98 Å². The maximum atomic E-state index is 13.6. The Hall–Kier alpha value is -2.47. The summed E-state index contributed by atoms with van der Waals surface area (Å²) < 4.78 is 13.6. The molecule has 5 rings (SSSR count). The second-order valence-electron chi connectivity index (χ2n) is 7.38. The fraction of sp³-hybridized carbons (Fsp3) is 0.333. The Morgan fingerprint density at radius 1 is 1.22 bits per heavy atom. The van der Waals surface area contributed by atoms with Crippen LogP contribution in [-0.4, -0.2) is 33.4 Å². The molecule has 1 fully saturated rings. The molecule has 2 aromatic heterocycles. The molecule has 2 aliphatic heterocycles. The lowest BCUT2D eigenvalue weighted by Gasteiger charge is -2.38. The number of carbonyl (C=O) groups is 1. The van der Waals surface area contributed by atoms with E-state index in [-0.39, 0.29) is 23.7 Å².